The Morgan fingerprint density at radius 1 is 1.41 bits per heavy atom. The molecule has 0 amide bonds. The number of nitrogen functional groups attached to an aromatic ring is 1. The molecule has 94 valence electrons. The molecule has 3 nitrogen and oxygen atoms in total. The van der Waals surface area contributed by atoms with E-state index in [4.69, 9.17) is 5.73 Å². The Bertz CT molecular complexity index is 443. The van der Waals surface area contributed by atoms with Gasteiger partial charge >= 0.3 is 12.1 Å². The lowest BCUT2D eigenvalue weighted by Crippen LogP contribution is -2.16. The third-order valence-corrected chi connectivity index (χ3v) is 1.94. The van der Waals surface area contributed by atoms with Gasteiger partial charge in [-0.15, -0.1) is 0 Å². The molecule has 0 radical (unpaired) electrons. The normalized spacial score (nSPS) is 11.4. The number of anilines is 1. The van der Waals surface area contributed by atoms with Crippen LogP contribution in [0.25, 0.3) is 0 Å². The van der Waals surface area contributed by atoms with Crippen molar-refractivity contribution in [3.8, 4) is 0 Å². The molecule has 0 aliphatic carbocycles. The SMILES string of the molecule is CCOC(=O)c1cc(F)c(N)cc1C(F)(F)F. The van der Waals surface area contributed by atoms with Crippen LogP contribution in [0.1, 0.15) is 22.8 Å². The second-order valence-electron chi connectivity index (χ2n) is 3.14. The number of esters is 1. The van der Waals surface area contributed by atoms with Crippen molar-refractivity contribution in [1.29, 1.82) is 0 Å². The summed E-state index contributed by atoms with van der Waals surface area (Å²) in [6.45, 7) is 1.32. The zero-order valence-electron chi connectivity index (χ0n) is 8.77. The molecule has 0 spiro atoms. The molecule has 0 aromatic heterocycles. The van der Waals surface area contributed by atoms with Gasteiger partial charge in [-0.25, -0.2) is 9.18 Å². The van der Waals surface area contributed by atoms with Gasteiger partial charge in [0.05, 0.1) is 23.4 Å². The average molecular weight is 251 g/mol. The van der Waals surface area contributed by atoms with E-state index in [1.807, 2.05) is 0 Å². The fourth-order valence-corrected chi connectivity index (χ4v) is 1.20. The van der Waals surface area contributed by atoms with Crippen molar-refractivity contribution in [3.05, 3.63) is 29.1 Å². The van der Waals surface area contributed by atoms with E-state index in [1.165, 1.54) is 6.92 Å². The zero-order chi connectivity index (χ0) is 13.2. The zero-order valence-corrected chi connectivity index (χ0v) is 8.77. The summed E-state index contributed by atoms with van der Waals surface area (Å²) in [6.07, 6.45) is -4.80. The Labute approximate surface area is 94.2 Å². The smallest absolute Gasteiger partial charge is 0.417 e. The lowest BCUT2D eigenvalue weighted by atomic mass is 10.1. The quantitative estimate of drug-likeness (QED) is 0.499. The summed E-state index contributed by atoms with van der Waals surface area (Å²) in [7, 11) is 0. The molecular weight excluding hydrogens is 242 g/mol. The first-order valence-corrected chi connectivity index (χ1v) is 4.60. The summed E-state index contributed by atoms with van der Waals surface area (Å²) in [6, 6.07) is 0.803. The van der Waals surface area contributed by atoms with E-state index in [0.29, 0.717) is 12.1 Å². The number of rotatable bonds is 2. The highest BCUT2D eigenvalue weighted by atomic mass is 19.4. The largest absolute Gasteiger partial charge is 0.462 e. The fraction of sp³-hybridized carbons (Fsp3) is 0.300. The number of hydrogen-bond donors (Lipinski definition) is 1. The highest BCUT2D eigenvalue weighted by molar-refractivity contribution is 5.92. The van der Waals surface area contributed by atoms with Gasteiger partial charge in [0.2, 0.25) is 0 Å². The number of carbonyl (C=O) groups excluding carboxylic acids is 1. The van der Waals surface area contributed by atoms with Gasteiger partial charge in [0.25, 0.3) is 0 Å². The summed E-state index contributed by atoms with van der Waals surface area (Å²) in [5.74, 6) is -2.33. The van der Waals surface area contributed by atoms with Gasteiger partial charge in [-0.1, -0.05) is 0 Å². The molecule has 1 aromatic rings. The van der Waals surface area contributed by atoms with E-state index in [9.17, 15) is 22.4 Å². The van der Waals surface area contributed by atoms with Crippen LogP contribution < -0.4 is 5.73 Å². The number of ether oxygens (including phenoxy) is 1. The highest BCUT2D eigenvalue weighted by Crippen LogP contribution is 2.34. The van der Waals surface area contributed by atoms with Crippen LogP contribution in [0, 0.1) is 5.82 Å². The van der Waals surface area contributed by atoms with Gasteiger partial charge in [0.15, 0.2) is 0 Å². The van der Waals surface area contributed by atoms with Crippen molar-refractivity contribution in [1.82, 2.24) is 0 Å². The first-order valence-electron chi connectivity index (χ1n) is 4.60. The van der Waals surface area contributed by atoms with Gasteiger partial charge in [-0.3, -0.25) is 0 Å². The Kier molecular flexibility index (Phi) is 3.59. The summed E-state index contributed by atoms with van der Waals surface area (Å²) in [5.41, 5.74) is 2.16. The van der Waals surface area contributed by atoms with Crippen molar-refractivity contribution in [3.63, 3.8) is 0 Å². The molecule has 7 heteroatoms. The number of alkyl halides is 3. The van der Waals surface area contributed by atoms with Crippen LogP contribution in [0.3, 0.4) is 0 Å². The predicted octanol–water partition coefficient (Wildman–Crippen LogP) is 2.60. The first kappa shape index (κ1) is 13.3. The van der Waals surface area contributed by atoms with E-state index < -0.39 is 34.8 Å². The molecule has 0 aliphatic heterocycles. The summed E-state index contributed by atoms with van der Waals surface area (Å²) in [5, 5.41) is 0. The number of nitrogens with two attached hydrogens (primary N) is 1. The van der Waals surface area contributed by atoms with Crippen LogP contribution in [0.2, 0.25) is 0 Å². The summed E-state index contributed by atoms with van der Waals surface area (Å²) < 4.78 is 55.2. The van der Waals surface area contributed by atoms with Gasteiger partial charge in [-0.2, -0.15) is 13.2 Å². The van der Waals surface area contributed by atoms with E-state index in [1.54, 1.807) is 0 Å². The molecule has 0 bridgehead atoms. The van der Waals surface area contributed by atoms with Crippen LogP contribution in [0.15, 0.2) is 12.1 Å². The Hall–Kier alpha value is -1.79. The monoisotopic (exact) mass is 251 g/mol. The molecule has 0 unspecified atom stereocenters. The van der Waals surface area contributed by atoms with E-state index in [-0.39, 0.29) is 6.61 Å². The molecule has 17 heavy (non-hydrogen) atoms. The molecule has 0 saturated carbocycles. The molecular formula is C10H9F4NO2. The van der Waals surface area contributed by atoms with Crippen LogP contribution in [-0.4, -0.2) is 12.6 Å². The molecule has 0 heterocycles. The highest BCUT2D eigenvalue weighted by Gasteiger charge is 2.36. The van der Waals surface area contributed by atoms with E-state index in [0.717, 1.165) is 0 Å². The predicted molar refractivity (Wildman–Crippen MR) is 51.8 cm³/mol. The van der Waals surface area contributed by atoms with Crippen molar-refractivity contribution in [2.75, 3.05) is 12.3 Å². The van der Waals surface area contributed by atoms with Gasteiger partial charge in [0.1, 0.15) is 5.82 Å². The molecule has 0 aliphatic rings. The minimum Gasteiger partial charge on any atom is -0.462 e. The first-order chi connectivity index (χ1) is 7.77. The van der Waals surface area contributed by atoms with E-state index in [2.05, 4.69) is 4.74 Å². The Balaban J connectivity index is 3.36. The maximum absolute atomic E-state index is 13.0. The van der Waals surface area contributed by atoms with Gasteiger partial charge in [0, 0.05) is 0 Å². The number of hydrogen-bond acceptors (Lipinski definition) is 3. The van der Waals surface area contributed by atoms with Crippen molar-refractivity contribution in [2.24, 2.45) is 0 Å². The summed E-state index contributed by atoms with van der Waals surface area (Å²) in [4.78, 5) is 11.2. The van der Waals surface area contributed by atoms with Gasteiger partial charge < -0.3 is 10.5 Å². The van der Waals surface area contributed by atoms with Crippen LogP contribution in [-0.2, 0) is 10.9 Å². The molecule has 1 rings (SSSR count). The molecule has 0 saturated heterocycles. The van der Waals surface area contributed by atoms with Crippen molar-refractivity contribution in [2.45, 2.75) is 13.1 Å². The number of carbonyl (C=O) groups is 1. The Morgan fingerprint density at radius 2 is 2.00 bits per heavy atom. The minimum atomic E-state index is -4.80. The molecule has 2 N–H and O–H groups in total. The number of halogens is 4. The van der Waals surface area contributed by atoms with Crippen LogP contribution >= 0.6 is 0 Å². The van der Waals surface area contributed by atoms with E-state index >= 15 is 0 Å². The molecule has 0 fully saturated rings. The van der Waals surface area contributed by atoms with Crippen molar-refractivity contribution >= 4 is 11.7 Å². The summed E-state index contributed by atoms with van der Waals surface area (Å²) >= 11 is 0. The molecule has 1 aromatic carbocycles. The average Bonchev–Trinajstić information content (AvgIpc) is 2.20. The Morgan fingerprint density at radius 3 is 2.47 bits per heavy atom. The lowest BCUT2D eigenvalue weighted by molar-refractivity contribution is -0.138. The second-order valence-corrected chi connectivity index (χ2v) is 3.14. The number of benzene rings is 1. The fourth-order valence-electron chi connectivity index (χ4n) is 1.20. The maximum Gasteiger partial charge on any atom is 0.417 e. The minimum absolute atomic E-state index is 0.109. The van der Waals surface area contributed by atoms with Crippen LogP contribution in [0.4, 0.5) is 23.2 Å². The van der Waals surface area contributed by atoms with Crippen molar-refractivity contribution < 1.29 is 27.1 Å². The second kappa shape index (κ2) is 4.60. The standard InChI is InChI=1S/C10H9F4NO2/c1-2-17-9(16)5-3-7(11)8(15)4-6(5)10(12,13)14/h3-4H,2,15H2,1H3. The topological polar surface area (TPSA) is 52.3 Å². The molecule has 0 atom stereocenters. The third kappa shape index (κ3) is 2.86. The van der Waals surface area contributed by atoms with Gasteiger partial charge in [-0.05, 0) is 19.1 Å². The lowest BCUT2D eigenvalue weighted by Gasteiger charge is -2.13. The third-order valence-electron chi connectivity index (χ3n) is 1.94. The van der Waals surface area contributed by atoms with Crippen LogP contribution in [0.5, 0.6) is 0 Å². The maximum atomic E-state index is 13.0.